The maximum absolute atomic E-state index is 12.7. The number of rotatable bonds is 11. The molecule has 2 aromatic carbocycles. The van der Waals surface area contributed by atoms with Gasteiger partial charge in [-0.2, -0.15) is 4.31 Å². The van der Waals surface area contributed by atoms with E-state index in [4.69, 9.17) is 11.6 Å². The van der Waals surface area contributed by atoms with Crippen LogP contribution in [0.25, 0.3) is 0 Å². The lowest BCUT2D eigenvalue weighted by Gasteiger charge is -2.23. The van der Waals surface area contributed by atoms with Crippen molar-refractivity contribution in [3.05, 3.63) is 70.8 Å². The smallest absolute Gasteiger partial charge is 0.300 e. The number of aliphatic hydroxyl groups is 1. The van der Waals surface area contributed by atoms with E-state index in [1.165, 1.54) is 10.5 Å². The van der Waals surface area contributed by atoms with Gasteiger partial charge < -0.3 is 10.4 Å². The predicted octanol–water partition coefficient (Wildman–Crippen LogP) is 5.10. The van der Waals surface area contributed by atoms with Crippen LogP contribution in [-0.4, -0.2) is 44.2 Å². The molecule has 1 aliphatic heterocycles. The minimum atomic E-state index is -0.958. The summed E-state index contributed by atoms with van der Waals surface area (Å²) in [5.41, 5.74) is 4.18. The van der Waals surface area contributed by atoms with Crippen LogP contribution in [-0.2, 0) is 24.3 Å². The number of alkyl halides is 1. The van der Waals surface area contributed by atoms with Gasteiger partial charge in [0.25, 0.3) is 5.24 Å². The predicted molar refractivity (Wildman–Crippen MR) is 138 cm³/mol. The maximum Gasteiger partial charge on any atom is 0.300 e. The average molecular weight is 504 g/mol. The quantitative estimate of drug-likeness (QED) is 0.330. The van der Waals surface area contributed by atoms with Crippen LogP contribution in [0.1, 0.15) is 55.4 Å². The van der Waals surface area contributed by atoms with Gasteiger partial charge in [-0.1, -0.05) is 62.4 Å². The summed E-state index contributed by atoms with van der Waals surface area (Å²) in [6, 6.07) is 16.0. The first-order valence-corrected chi connectivity index (χ1v) is 13.0. The van der Waals surface area contributed by atoms with Gasteiger partial charge in [-0.25, -0.2) is 0 Å². The number of aliphatic hydroxyl groups excluding tert-OH is 1. The zero-order chi connectivity index (χ0) is 24.7. The molecule has 2 N–H and O–H groups in total. The van der Waals surface area contributed by atoms with Crippen molar-refractivity contribution < 1.29 is 14.7 Å². The Kier molecular flexibility index (Phi) is 9.83. The second kappa shape index (κ2) is 12.6. The fourth-order valence-electron chi connectivity index (χ4n) is 3.84. The monoisotopic (exact) mass is 503 g/mol. The minimum absolute atomic E-state index is 0.0134. The standard InChI is InChI=1S/C26H34ClN3O3S/c1-18(2)15-20-9-11-23(12-10-20)19(3)24(31)28-16-21-5-7-22(8-6-21)17-29-25(32)30(14-4-13-27)34-26(29)33/h5-12,18-19,25,32H,4,13-17H2,1-3H3,(H,28,31). The lowest BCUT2D eigenvalue weighted by Crippen LogP contribution is -2.38. The third-order valence-corrected chi connectivity index (χ3v) is 7.10. The Labute approximate surface area is 211 Å². The average Bonchev–Trinajstić information content (AvgIpc) is 3.09. The molecule has 0 bridgehead atoms. The van der Waals surface area contributed by atoms with Crippen molar-refractivity contribution in [1.82, 2.24) is 14.5 Å². The van der Waals surface area contributed by atoms with Crippen molar-refractivity contribution in [3.63, 3.8) is 0 Å². The zero-order valence-corrected chi connectivity index (χ0v) is 21.6. The van der Waals surface area contributed by atoms with E-state index < -0.39 is 6.35 Å². The van der Waals surface area contributed by atoms with E-state index in [2.05, 4.69) is 31.3 Å². The van der Waals surface area contributed by atoms with Gasteiger partial charge in [0.1, 0.15) is 0 Å². The molecule has 2 unspecified atom stereocenters. The van der Waals surface area contributed by atoms with Crippen molar-refractivity contribution >= 4 is 34.7 Å². The number of hydrogen-bond acceptors (Lipinski definition) is 5. The van der Waals surface area contributed by atoms with Gasteiger partial charge in [0.05, 0.1) is 12.5 Å². The number of amides is 2. The molecule has 0 aromatic heterocycles. The molecule has 0 spiro atoms. The van der Waals surface area contributed by atoms with Crippen molar-refractivity contribution in [2.75, 3.05) is 12.4 Å². The number of halogens is 1. The second-order valence-electron chi connectivity index (χ2n) is 9.11. The molecule has 184 valence electrons. The third-order valence-electron chi connectivity index (χ3n) is 5.84. The van der Waals surface area contributed by atoms with E-state index in [9.17, 15) is 14.7 Å². The Morgan fingerprint density at radius 2 is 1.68 bits per heavy atom. The first kappa shape index (κ1) is 26.5. The van der Waals surface area contributed by atoms with Crippen LogP contribution in [0.2, 0.25) is 0 Å². The lowest BCUT2D eigenvalue weighted by molar-refractivity contribution is -0.122. The molecule has 8 heteroatoms. The Hall–Kier alpha value is -2.06. The van der Waals surface area contributed by atoms with Gasteiger partial charge in [-0.3, -0.25) is 14.5 Å². The van der Waals surface area contributed by atoms with Crippen molar-refractivity contribution in [3.8, 4) is 0 Å². The van der Waals surface area contributed by atoms with Crippen LogP contribution in [0, 0.1) is 5.92 Å². The summed E-state index contributed by atoms with van der Waals surface area (Å²) in [7, 11) is 0. The normalized spacial score (nSPS) is 17.4. The Balaban J connectivity index is 1.50. The molecule has 0 saturated carbocycles. The summed E-state index contributed by atoms with van der Waals surface area (Å²) >= 11 is 6.74. The summed E-state index contributed by atoms with van der Waals surface area (Å²) in [6.07, 6.45) is 0.780. The van der Waals surface area contributed by atoms with Crippen molar-refractivity contribution in [1.29, 1.82) is 0 Å². The highest BCUT2D eigenvalue weighted by molar-refractivity contribution is 8.11. The SMILES string of the molecule is CC(C)Cc1ccc(C(C)C(=O)NCc2ccc(CN3C(=O)SN(CCCCl)C3O)cc2)cc1. The van der Waals surface area contributed by atoms with Gasteiger partial charge in [0, 0.05) is 30.9 Å². The largest absolute Gasteiger partial charge is 0.360 e. The first-order chi connectivity index (χ1) is 16.3. The molecular formula is C26H34ClN3O3S. The van der Waals surface area contributed by atoms with Gasteiger partial charge in [0.2, 0.25) is 5.91 Å². The van der Waals surface area contributed by atoms with Crippen molar-refractivity contribution in [2.24, 2.45) is 5.92 Å². The molecule has 2 amide bonds. The first-order valence-electron chi connectivity index (χ1n) is 11.7. The lowest BCUT2D eigenvalue weighted by atomic mass is 9.96. The van der Waals surface area contributed by atoms with E-state index in [0.29, 0.717) is 37.9 Å². The van der Waals surface area contributed by atoms with Crippen LogP contribution in [0.3, 0.4) is 0 Å². The molecule has 3 rings (SSSR count). The van der Waals surface area contributed by atoms with E-state index in [-0.39, 0.29) is 17.1 Å². The third kappa shape index (κ3) is 7.22. The zero-order valence-electron chi connectivity index (χ0n) is 20.0. The number of carbonyl (C=O) groups excluding carboxylic acids is 2. The topological polar surface area (TPSA) is 72.9 Å². The van der Waals surface area contributed by atoms with Crippen molar-refractivity contribution in [2.45, 2.75) is 59.0 Å². The fourth-order valence-corrected chi connectivity index (χ4v) is 4.85. The summed E-state index contributed by atoms with van der Waals surface area (Å²) in [6.45, 7) is 7.62. The Morgan fingerprint density at radius 3 is 2.29 bits per heavy atom. The molecular weight excluding hydrogens is 470 g/mol. The highest BCUT2D eigenvalue weighted by Gasteiger charge is 2.37. The van der Waals surface area contributed by atoms with Crippen LogP contribution >= 0.6 is 23.5 Å². The maximum atomic E-state index is 12.7. The van der Waals surface area contributed by atoms with Crippen LogP contribution in [0.15, 0.2) is 48.5 Å². The summed E-state index contributed by atoms with van der Waals surface area (Å²) in [5.74, 6) is 0.850. The second-order valence-corrected chi connectivity index (χ2v) is 10.5. The molecule has 1 saturated heterocycles. The number of carbonyl (C=O) groups is 2. The number of benzene rings is 2. The van der Waals surface area contributed by atoms with Gasteiger partial charge in [-0.15, -0.1) is 11.6 Å². The molecule has 2 atom stereocenters. The summed E-state index contributed by atoms with van der Waals surface area (Å²) in [5, 5.41) is 13.3. The van der Waals surface area contributed by atoms with E-state index in [0.717, 1.165) is 35.1 Å². The van der Waals surface area contributed by atoms with Crippen LogP contribution in [0.4, 0.5) is 4.79 Å². The number of nitrogens with zero attached hydrogens (tertiary/aromatic N) is 2. The number of hydrogen-bond donors (Lipinski definition) is 2. The summed E-state index contributed by atoms with van der Waals surface area (Å²) < 4.78 is 1.65. The van der Waals surface area contributed by atoms with E-state index in [1.807, 2.05) is 43.3 Å². The Morgan fingerprint density at radius 1 is 1.06 bits per heavy atom. The highest BCUT2D eigenvalue weighted by atomic mass is 35.5. The molecule has 2 aromatic rings. The fraction of sp³-hybridized carbons (Fsp3) is 0.462. The number of nitrogens with one attached hydrogen (secondary N) is 1. The van der Waals surface area contributed by atoms with Crippen LogP contribution < -0.4 is 5.32 Å². The molecule has 1 heterocycles. The molecule has 0 aliphatic carbocycles. The van der Waals surface area contributed by atoms with E-state index >= 15 is 0 Å². The summed E-state index contributed by atoms with van der Waals surface area (Å²) in [4.78, 5) is 26.4. The minimum Gasteiger partial charge on any atom is -0.360 e. The molecule has 1 aliphatic rings. The Bertz CT molecular complexity index is 953. The molecule has 6 nitrogen and oxygen atoms in total. The molecule has 1 fully saturated rings. The van der Waals surface area contributed by atoms with Gasteiger partial charge in [-0.05, 0) is 47.9 Å². The molecule has 34 heavy (non-hydrogen) atoms. The highest BCUT2D eigenvalue weighted by Crippen LogP contribution is 2.30. The van der Waals surface area contributed by atoms with Gasteiger partial charge >= 0.3 is 0 Å². The van der Waals surface area contributed by atoms with E-state index in [1.54, 1.807) is 4.31 Å². The van der Waals surface area contributed by atoms with Gasteiger partial charge in [0.15, 0.2) is 6.35 Å². The molecule has 0 radical (unpaired) electrons. The van der Waals surface area contributed by atoms with Crippen LogP contribution in [0.5, 0.6) is 0 Å².